The summed E-state index contributed by atoms with van der Waals surface area (Å²) in [6.45, 7) is 1.62. The van der Waals surface area contributed by atoms with Gasteiger partial charge in [0.05, 0.1) is 22.7 Å². The van der Waals surface area contributed by atoms with Gasteiger partial charge in [0.15, 0.2) is 29.7 Å². The average molecular weight is 394 g/mol. The van der Waals surface area contributed by atoms with E-state index in [2.05, 4.69) is 15.9 Å². The van der Waals surface area contributed by atoms with E-state index in [9.17, 15) is 9.18 Å². The molecule has 2 rings (SSSR count). The van der Waals surface area contributed by atoms with E-state index < -0.39 is 18.4 Å². The third kappa shape index (κ3) is 4.46. The Bertz CT molecular complexity index is 789. The van der Waals surface area contributed by atoms with Crippen molar-refractivity contribution >= 4 is 21.9 Å². The van der Waals surface area contributed by atoms with Crippen LogP contribution in [0.5, 0.6) is 17.2 Å². The minimum atomic E-state index is -0.732. The van der Waals surface area contributed by atoms with E-state index in [1.165, 1.54) is 30.3 Å². The standard InChI is InChI=1S/C17H13BrFNO4/c1-2-22-15-8-11(9-20)7-12(18)17(15)24-16(21)10-23-14-6-4-3-5-13(14)19/h3-8H,2,10H2,1H3. The minimum absolute atomic E-state index is 0.0432. The van der Waals surface area contributed by atoms with Crippen molar-refractivity contribution in [3.63, 3.8) is 0 Å². The van der Waals surface area contributed by atoms with Gasteiger partial charge in [-0.1, -0.05) is 12.1 Å². The van der Waals surface area contributed by atoms with E-state index in [4.69, 9.17) is 19.5 Å². The summed E-state index contributed by atoms with van der Waals surface area (Å²) in [6.07, 6.45) is 0. The largest absolute Gasteiger partial charge is 0.490 e. The van der Waals surface area contributed by atoms with Crippen LogP contribution in [0.1, 0.15) is 12.5 Å². The highest BCUT2D eigenvalue weighted by Gasteiger charge is 2.17. The molecule has 0 aliphatic rings. The zero-order valence-electron chi connectivity index (χ0n) is 12.7. The van der Waals surface area contributed by atoms with Crippen molar-refractivity contribution in [1.82, 2.24) is 0 Å². The molecule has 0 unspecified atom stereocenters. The van der Waals surface area contributed by atoms with Crippen molar-refractivity contribution < 1.29 is 23.4 Å². The van der Waals surface area contributed by atoms with Crippen LogP contribution in [0.25, 0.3) is 0 Å². The number of carbonyl (C=O) groups excluding carboxylic acids is 1. The number of para-hydroxylation sites is 1. The summed E-state index contributed by atoms with van der Waals surface area (Å²) in [7, 11) is 0. The molecule has 0 fully saturated rings. The Hall–Kier alpha value is -2.59. The quantitative estimate of drug-likeness (QED) is 0.550. The molecule has 0 N–H and O–H groups in total. The van der Waals surface area contributed by atoms with E-state index in [0.29, 0.717) is 16.6 Å². The van der Waals surface area contributed by atoms with E-state index in [1.54, 1.807) is 13.0 Å². The molecule has 124 valence electrons. The third-order valence-electron chi connectivity index (χ3n) is 2.84. The van der Waals surface area contributed by atoms with Gasteiger partial charge in [-0.3, -0.25) is 0 Å². The molecule has 0 saturated carbocycles. The van der Waals surface area contributed by atoms with Crippen molar-refractivity contribution in [1.29, 1.82) is 5.26 Å². The molecule has 0 bridgehead atoms. The number of hydrogen-bond acceptors (Lipinski definition) is 5. The first-order valence-electron chi connectivity index (χ1n) is 6.99. The Labute approximate surface area is 146 Å². The highest BCUT2D eigenvalue weighted by Crippen LogP contribution is 2.37. The van der Waals surface area contributed by atoms with Crippen molar-refractivity contribution in [3.05, 3.63) is 52.3 Å². The lowest BCUT2D eigenvalue weighted by Gasteiger charge is -2.13. The van der Waals surface area contributed by atoms with Gasteiger partial charge in [0.2, 0.25) is 0 Å². The fraction of sp³-hybridized carbons (Fsp3) is 0.176. The maximum atomic E-state index is 13.4. The number of ether oxygens (including phenoxy) is 3. The first-order chi connectivity index (χ1) is 11.5. The smallest absolute Gasteiger partial charge is 0.349 e. The van der Waals surface area contributed by atoms with Crippen LogP contribution >= 0.6 is 15.9 Å². The van der Waals surface area contributed by atoms with Crippen molar-refractivity contribution in [2.45, 2.75) is 6.92 Å². The summed E-state index contributed by atoms with van der Waals surface area (Å²) in [6, 6.07) is 10.7. The molecular weight excluding hydrogens is 381 g/mol. The molecule has 0 aliphatic heterocycles. The fourth-order valence-corrected chi connectivity index (χ4v) is 2.36. The molecule has 0 radical (unpaired) electrons. The number of nitrogens with zero attached hydrogens (tertiary/aromatic N) is 1. The average Bonchev–Trinajstić information content (AvgIpc) is 2.57. The second-order valence-electron chi connectivity index (χ2n) is 4.52. The molecule has 0 spiro atoms. The molecule has 5 nitrogen and oxygen atoms in total. The summed E-state index contributed by atoms with van der Waals surface area (Å²) >= 11 is 3.24. The molecule has 0 aromatic heterocycles. The van der Waals surface area contributed by atoms with Gasteiger partial charge in [0.1, 0.15) is 0 Å². The summed E-state index contributed by atoms with van der Waals surface area (Å²) in [5, 5.41) is 8.97. The topological polar surface area (TPSA) is 68.5 Å². The molecule has 2 aromatic rings. The first kappa shape index (κ1) is 17.8. The second-order valence-corrected chi connectivity index (χ2v) is 5.38. The molecule has 24 heavy (non-hydrogen) atoms. The van der Waals surface area contributed by atoms with Gasteiger partial charge >= 0.3 is 5.97 Å². The SMILES string of the molecule is CCOc1cc(C#N)cc(Br)c1OC(=O)COc1ccccc1F. The van der Waals surface area contributed by atoms with Crippen LogP contribution < -0.4 is 14.2 Å². The molecule has 7 heteroatoms. The number of halogens is 2. The fourth-order valence-electron chi connectivity index (χ4n) is 1.84. The first-order valence-corrected chi connectivity index (χ1v) is 7.79. The van der Waals surface area contributed by atoms with Crippen molar-refractivity contribution in [3.8, 4) is 23.3 Å². The molecule has 0 aliphatic carbocycles. The molecule has 0 atom stereocenters. The summed E-state index contributed by atoms with van der Waals surface area (Å²) < 4.78 is 29.5. The summed E-state index contributed by atoms with van der Waals surface area (Å²) in [5.41, 5.74) is 0.354. The van der Waals surface area contributed by atoms with Crippen LogP contribution in [-0.4, -0.2) is 19.2 Å². The predicted molar refractivity (Wildman–Crippen MR) is 87.6 cm³/mol. The van der Waals surface area contributed by atoms with Crippen LogP contribution in [-0.2, 0) is 4.79 Å². The van der Waals surface area contributed by atoms with E-state index in [1.807, 2.05) is 6.07 Å². The number of carbonyl (C=O) groups is 1. The van der Waals surface area contributed by atoms with Gasteiger partial charge < -0.3 is 14.2 Å². The summed E-state index contributed by atoms with van der Waals surface area (Å²) in [4.78, 5) is 11.9. The number of nitriles is 1. The van der Waals surface area contributed by atoms with Gasteiger partial charge in [-0.15, -0.1) is 0 Å². The van der Waals surface area contributed by atoms with Crippen molar-refractivity contribution in [2.24, 2.45) is 0 Å². The molecule has 2 aromatic carbocycles. The molecule has 0 heterocycles. The number of benzene rings is 2. The third-order valence-corrected chi connectivity index (χ3v) is 3.43. The lowest BCUT2D eigenvalue weighted by Crippen LogP contribution is -2.18. The Morgan fingerprint density at radius 3 is 2.67 bits per heavy atom. The second kappa shape index (κ2) is 8.31. The number of hydrogen-bond donors (Lipinski definition) is 0. The highest BCUT2D eigenvalue weighted by molar-refractivity contribution is 9.10. The highest BCUT2D eigenvalue weighted by atomic mass is 79.9. The van der Waals surface area contributed by atoms with Crippen LogP contribution in [0.15, 0.2) is 40.9 Å². The lowest BCUT2D eigenvalue weighted by atomic mass is 10.2. The lowest BCUT2D eigenvalue weighted by molar-refractivity contribution is -0.136. The van der Waals surface area contributed by atoms with Gasteiger partial charge in [0, 0.05) is 6.07 Å². The zero-order valence-corrected chi connectivity index (χ0v) is 14.3. The van der Waals surface area contributed by atoms with Crippen LogP contribution in [0, 0.1) is 17.1 Å². The normalized spacial score (nSPS) is 9.92. The van der Waals surface area contributed by atoms with E-state index in [-0.39, 0.29) is 17.2 Å². The van der Waals surface area contributed by atoms with Gasteiger partial charge in [0.25, 0.3) is 0 Å². The molecular formula is C17H13BrFNO4. The van der Waals surface area contributed by atoms with Crippen LogP contribution in [0.2, 0.25) is 0 Å². The maximum absolute atomic E-state index is 13.4. The number of esters is 1. The minimum Gasteiger partial charge on any atom is -0.490 e. The van der Waals surface area contributed by atoms with Crippen LogP contribution in [0.3, 0.4) is 0 Å². The Kier molecular flexibility index (Phi) is 6.15. The molecule has 0 amide bonds. The van der Waals surface area contributed by atoms with Crippen LogP contribution in [0.4, 0.5) is 4.39 Å². The monoisotopic (exact) mass is 393 g/mol. The Morgan fingerprint density at radius 1 is 1.25 bits per heavy atom. The van der Waals surface area contributed by atoms with E-state index >= 15 is 0 Å². The Morgan fingerprint density at radius 2 is 2.00 bits per heavy atom. The zero-order chi connectivity index (χ0) is 17.5. The van der Waals surface area contributed by atoms with E-state index in [0.717, 1.165) is 0 Å². The predicted octanol–water partition coefficient (Wildman–Crippen LogP) is 3.84. The van der Waals surface area contributed by atoms with Gasteiger partial charge in [-0.25, -0.2) is 9.18 Å². The maximum Gasteiger partial charge on any atom is 0.349 e. The van der Waals surface area contributed by atoms with Crippen molar-refractivity contribution in [2.75, 3.05) is 13.2 Å². The molecule has 0 saturated heterocycles. The summed E-state index contributed by atoms with van der Waals surface area (Å²) in [5.74, 6) is -0.955. The van der Waals surface area contributed by atoms with Gasteiger partial charge in [-0.05, 0) is 41.1 Å². The van der Waals surface area contributed by atoms with Gasteiger partial charge in [-0.2, -0.15) is 5.26 Å². The Balaban J connectivity index is 2.11. The number of rotatable bonds is 6.